The van der Waals surface area contributed by atoms with Gasteiger partial charge in [-0.05, 0) is 54.5 Å². The molecule has 2 aliphatic rings. The first kappa shape index (κ1) is 21.2. The molecule has 0 aliphatic carbocycles. The highest BCUT2D eigenvalue weighted by molar-refractivity contribution is 5.91. The molecule has 1 fully saturated rings. The van der Waals surface area contributed by atoms with Crippen molar-refractivity contribution in [3.05, 3.63) is 59.2 Å². The van der Waals surface area contributed by atoms with Gasteiger partial charge in [0, 0.05) is 18.1 Å². The van der Waals surface area contributed by atoms with Crippen molar-refractivity contribution in [2.24, 2.45) is 0 Å². The van der Waals surface area contributed by atoms with Crippen molar-refractivity contribution in [1.82, 2.24) is 4.90 Å². The van der Waals surface area contributed by atoms with Crippen molar-refractivity contribution in [3.63, 3.8) is 0 Å². The molecule has 0 aromatic heterocycles. The summed E-state index contributed by atoms with van der Waals surface area (Å²) in [5.41, 5.74) is 3.59. The van der Waals surface area contributed by atoms with Gasteiger partial charge in [0.15, 0.2) is 11.5 Å². The van der Waals surface area contributed by atoms with Crippen LogP contribution in [0.2, 0.25) is 0 Å². The van der Waals surface area contributed by atoms with Crippen LogP contribution in [0.5, 0.6) is 17.2 Å². The number of carbonyl (C=O) groups is 1. The lowest BCUT2D eigenvalue weighted by atomic mass is 10.1. The van der Waals surface area contributed by atoms with Crippen LogP contribution in [0.3, 0.4) is 0 Å². The number of hydrogen-bond donors (Lipinski definition) is 1. The fourth-order valence-corrected chi connectivity index (χ4v) is 4.20. The van der Waals surface area contributed by atoms with Crippen LogP contribution >= 0.6 is 0 Å². The van der Waals surface area contributed by atoms with Crippen LogP contribution in [-0.4, -0.2) is 57.3 Å². The SMILES string of the molecule is CCOc1cc(/C=C/C(=O)N2CC[NH+](Cc3ccc4c(c3)CCO4)CC2)ccc1OC. The number of hydrogen-bond acceptors (Lipinski definition) is 4. The van der Waals surface area contributed by atoms with Gasteiger partial charge < -0.3 is 24.0 Å². The average molecular weight is 424 g/mol. The normalized spacial score (nSPS) is 16.3. The van der Waals surface area contributed by atoms with E-state index in [9.17, 15) is 4.79 Å². The molecule has 4 rings (SSSR count). The second-order valence-electron chi connectivity index (χ2n) is 7.97. The second-order valence-corrected chi connectivity index (χ2v) is 7.97. The maximum atomic E-state index is 12.7. The number of nitrogens with zero attached hydrogens (tertiary/aromatic N) is 1. The van der Waals surface area contributed by atoms with Gasteiger partial charge in [-0.25, -0.2) is 0 Å². The molecule has 0 atom stereocenters. The summed E-state index contributed by atoms with van der Waals surface area (Å²) >= 11 is 0. The van der Waals surface area contributed by atoms with Crippen LogP contribution in [0.4, 0.5) is 0 Å². The molecule has 2 heterocycles. The van der Waals surface area contributed by atoms with E-state index in [-0.39, 0.29) is 5.91 Å². The third kappa shape index (κ3) is 5.20. The van der Waals surface area contributed by atoms with E-state index in [0.29, 0.717) is 18.1 Å². The van der Waals surface area contributed by atoms with Gasteiger partial charge in [0.25, 0.3) is 0 Å². The maximum Gasteiger partial charge on any atom is 0.246 e. The number of fused-ring (bicyclic) bond motifs is 1. The Labute approximate surface area is 184 Å². The highest BCUT2D eigenvalue weighted by Crippen LogP contribution is 2.28. The molecule has 2 aliphatic heterocycles. The van der Waals surface area contributed by atoms with E-state index < -0.39 is 0 Å². The standard InChI is InChI=1S/C25H30N2O4/c1-3-30-24-17-19(4-8-23(24)29-2)6-9-25(28)27-13-11-26(12-14-27)18-20-5-7-22-21(16-20)10-15-31-22/h4-9,16-17H,3,10-15,18H2,1-2H3/p+1/b9-6+. The van der Waals surface area contributed by atoms with Gasteiger partial charge in [-0.2, -0.15) is 0 Å². The monoisotopic (exact) mass is 423 g/mol. The van der Waals surface area contributed by atoms with E-state index in [1.807, 2.05) is 36.1 Å². The van der Waals surface area contributed by atoms with Gasteiger partial charge in [-0.3, -0.25) is 4.79 Å². The van der Waals surface area contributed by atoms with Gasteiger partial charge in [0.2, 0.25) is 5.91 Å². The fourth-order valence-electron chi connectivity index (χ4n) is 4.20. The number of quaternary nitrogens is 1. The second kappa shape index (κ2) is 9.88. The van der Waals surface area contributed by atoms with E-state index in [0.717, 1.165) is 57.1 Å². The van der Waals surface area contributed by atoms with Crippen LogP contribution in [0.25, 0.3) is 6.08 Å². The van der Waals surface area contributed by atoms with E-state index in [4.69, 9.17) is 14.2 Å². The first-order valence-electron chi connectivity index (χ1n) is 11.0. The summed E-state index contributed by atoms with van der Waals surface area (Å²) in [6.45, 7) is 7.77. The van der Waals surface area contributed by atoms with Crippen molar-refractivity contribution in [1.29, 1.82) is 0 Å². The van der Waals surface area contributed by atoms with Crippen LogP contribution in [-0.2, 0) is 17.8 Å². The Balaban J connectivity index is 1.29. The predicted molar refractivity (Wildman–Crippen MR) is 120 cm³/mol. The van der Waals surface area contributed by atoms with E-state index in [1.165, 1.54) is 16.0 Å². The molecule has 2 aromatic carbocycles. The minimum absolute atomic E-state index is 0.0579. The van der Waals surface area contributed by atoms with Crippen LogP contribution < -0.4 is 19.1 Å². The van der Waals surface area contributed by atoms with Crippen LogP contribution in [0, 0.1) is 0 Å². The molecule has 164 valence electrons. The molecular formula is C25H31N2O4+. The van der Waals surface area contributed by atoms with Crippen molar-refractivity contribution in [2.45, 2.75) is 19.9 Å². The Bertz CT molecular complexity index is 949. The molecule has 2 aromatic rings. The molecule has 0 radical (unpaired) electrons. The van der Waals surface area contributed by atoms with Gasteiger partial charge in [-0.1, -0.05) is 6.07 Å². The molecule has 1 amide bonds. The summed E-state index contributed by atoms with van der Waals surface area (Å²) in [5.74, 6) is 2.48. The van der Waals surface area contributed by atoms with Crippen molar-refractivity contribution < 1.29 is 23.9 Å². The lowest BCUT2D eigenvalue weighted by molar-refractivity contribution is -0.917. The minimum atomic E-state index is 0.0579. The molecule has 0 spiro atoms. The third-order valence-electron chi connectivity index (χ3n) is 5.90. The first-order chi connectivity index (χ1) is 15.2. The quantitative estimate of drug-likeness (QED) is 0.692. The molecule has 0 saturated carbocycles. The van der Waals surface area contributed by atoms with Crippen molar-refractivity contribution in [2.75, 3.05) is 46.5 Å². The first-order valence-corrected chi connectivity index (χ1v) is 11.0. The van der Waals surface area contributed by atoms with Crippen LogP contribution in [0.15, 0.2) is 42.5 Å². The molecule has 1 N–H and O–H groups in total. The predicted octanol–water partition coefficient (Wildman–Crippen LogP) is 1.97. The molecule has 31 heavy (non-hydrogen) atoms. The van der Waals surface area contributed by atoms with Crippen molar-refractivity contribution >= 4 is 12.0 Å². The fraction of sp³-hybridized carbons (Fsp3) is 0.400. The Morgan fingerprint density at radius 2 is 2.00 bits per heavy atom. The Morgan fingerprint density at radius 1 is 1.16 bits per heavy atom. The van der Waals surface area contributed by atoms with Crippen LogP contribution in [0.1, 0.15) is 23.6 Å². The number of piperazine rings is 1. The zero-order valence-electron chi connectivity index (χ0n) is 18.4. The topological polar surface area (TPSA) is 52.4 Å². The molecule has 0 unspecified atom stereocenters. The number of rotatable bonds is 7. The number of benzene rings is 2. The Hall–Kier alpha value is -2.99. The molecule has 6 heteroatoms. The number of nitrogens with one attached hydrogen (secondary N) is 1. The molecule has 6 nitrogen and oxygen atoms in total. The smallest absolute Gasteiger partial charge is 0.246 e. The summed E-state index contributed by atoms with van der Waals surface area (Å²) in [6, 6.07) is 12.2. The number of methoxy groups -OCH3 is 1. The van der Waals surface area contributed by atoms with E-state index in [1.54, 1.807) is 13.2 Å². The highest BCUT2D eigenvalue weighted by Gasteiger charge is 2.23. The zero-order chi connectivity index (χ0) is 21.6. The summed E-state index contributed by atoms with van der Waals surface area (Å²) in [6.07, 6.45) is 4.51. The Morgan fingerprint density at radius 3 is 2.77 bits per heavy atom. The Kier molecular flexibility index (Phi) is 6.77. The lowest BCUT2D eigenvalue weighted by Crippen LogP contribution is -3.13. The maximum absolute atomic E-state index is 12.7. The van der Waals surface area contributed by atoms with E-state index in [2.05, 4.69) is 18.2 Å². The van der Waals surface area contributed by atoms with Crippen molar-refractivity contribution in [3.8, 4) is 17.2 Å². The summed E-state index contributed by atoms with van der Waals surface area (Å²) in [7, 11) is 1.62. The third-order valence-corrected chi connectivity index (χ3v) is 5.90. The average Bonchev–Trinajstić information content (AvgIpc) is 3.26. The largest absolute Gasteiger partial charge is 0.493 e. The highest BCUT2D eigenvalue weighted by atomic mass is 16.5. The molecule has 1 saturated heterocycles. The number of carbonyl (C=O) groups excluding carboxylic acids is 1. The zero-order valence-corrected chi connectivity index (χ0v) is 18.4. The minimum Gasteiger partial charge on any atom is -0.493 e. The number of amides is 1. The summed E-state index contributed by atoms with van der Waals surface area (Å²) in [4.78, 5) is 16.1. The summed E-state index contributed by atoms with van der Waals surface area (Å²) < 4.78 is 16.5. The summed E-state index contributed by atoms with van der Waals surface area (Å²) in [5, 5.41) is 0. The van der Waals surface area contributed by atoms with Gasteiger partial charge in [0.1, 0.15) is 12.3 Å². The van der Waals surface area contributed by atoms with Gasteiger partial charge in [-0.15, -0.1) is 0 Å². The van der Waals surface area contributed by atoms with E-state index >= 15 is 0 Å². The van der Waals surface area contributed by atoms with Gasteiger partial charge in [0.05, 0.1) is 46.5 Å². The van der Waals surface area contributed by atoms with Gasteiger partial charge >= 0.3 is 0 Å². The number of ether oxygens (including phenoxy) is 3. The lowest BCUT2D eigenvalue weighted by Gasteiger charge is -2.31. The molecule has 0 bridgehead atoms. The molecular weight excluding hydrogens is 392 g/mol.